The molecule has 17 heavy (non-hydrogen) atoms. The molecule has 0 aliphatic heterocycles. The molecule has 1 aromatic carbocycles. The van der Waals surface area contributed by atoms with E-state index in [1.807, 2.05) is 13.0 Å². The van der Waals surface area contributed by atoms with Crippen molar-refractivity contribution in [1.29, 1.82) is 0 Å². The summed E-state index contributed by atoms with van der Waals surface area (Å²) < 4.78 is 15.5. The van der Waals surface area contributed by atoms with E-state index in [2.05, 4.69) is 26.0 Å². The highest BCUT2D eigenvalue weighted by molar-refractivity contribution is 9.10. The van der Waals surface area contributed by atoms with Crippen LogP contribution in [0, 0.1) is 5.82 Å². The van der Waals surface area contributed by atoms with Gasteiger partial charge in [-0.25, -0.2) is 14.1 Å². The minimum atomic E-state index is -0.276. The molecular weight excluding hydrogens is 287 g/mol. The molecule has 1 aromatic heterocycles. The van der Waals surface area contributed by atoms with Crippen molar-refractivity contribution in [2.75, 3.05) is 0 Å². The summed E-state index contributed by atoms with van der Waals surface area (Å²) in [6, 6.07) is 4.53. The molecular formula is C11H12BrFN4. The Morgan fingerprint density at radius 2 is 2.24 bits per heavy atom. The Bertz CT molecular complexity index is 504. The Balaban J connectivity index is 2.19. The second-order valence-electron chi connectivity index (χ2n) is 3.87. The van der Waals surface area contributed by atoms with Crippen LogP contribution in [-0.4, -0.2) is 14.8 Å². The Morgan fingerprint density at radius 1 is 1.47 bits per heavy atom. The van der Waals surface area contributed by atoms with Crippen LogP contribution in [0.15, 0.2) is 29.0 Å². The number of aromatic nitrogens is 3. The van der Waals surface area contributed by atoms with Crippen LogP contribution in [0.5, 0.6) is 0 Å². The zero-order chi connectivity index (χ0) is 12.4. The molecule has 0 amide bonds. The predicted molar refractivity (Wildman–Crippen MR) is 65.8 cm³/mol. The van der Waals surface area contributed by atoms with Crippen LogP contribution >= 0.6 is 15.9 Å². The molecule has 2 rings (SSSR count). The third kappa shape index (κ3) is 3.10. The van der Waals surface area contributed by atoms with Gasteiger partial charge in [0.2, 0.25) is 0 Å². The minimum absolute atomic E-state index is 0.199. The predicted octanol–water partition coefficient (Wildman–Crippen LogP) is 2.25. The van der Waals surface area contributed by atoms with Crippen molar-refractivity contribution in [2.45, 2.75) is 19.5 Å². The van der Waals surface area contributed by atoms with Gasteiger partial charge in [0.25, 0.3) is 0 Å². The van der Waals surface area contributed by atoms with Gasteiger partial charge in [-0.3, -0.25) is 0 Å². The normalized spacial score (nSPS) is 12.7. The van der Waals surface area contributed by atoms with E-state index in [4.69, 9.17) is 5.73 Å². The van der Waals surface area contributed by atoms with Crippen molar-refractivity contribution < 1.29 is 4.39 Å². The molecule has 0 bridgehead atoms. The molecule has 1 atom stereocenters. The monoisotopic (exact) mass is 298 g/mol. The van der Waals surface area contributed by atoms with Gasteiger partial charge in [-0.1, -0.05) is 15.9 Å². The number of benzene rings is 1. The second-order valence-corrected chi connectivity index (χ2v) is 4.78. The van der Waals surface area contributed by atoms with Crippen LogP contribution in [0.1, 0.15) is 24.4 Å². The highest BCUT2D eigenvalue weighted by atomic mass is 79.9. The van der Waals surface area contributed by atoms with Gasteiger partial charge in [-0.2, -0.15) is 5.10 Å². The first kappa shape index (κ1) is 12.2. The van der Waals surface area contributed by atoms with Crippen molar-refractivity contribution in [3.05, 3.63) is 46.2 Å². The molecule has 0 saturated heterocycles. The van der Waals surface area contributed by atoms with Crippen LogP contribution in [0.25, 0.3) is 0 Å². The van der Waals surface area contributed by atoms with Crippen LogP contribution in [0.4, 0.5) is 4.39 Å². The van der Waals surface area contributed by atoms with Crippen LogP contribution in [-0.2, 0) is 6.54 Å². The average molecular weight is 299 g/mol. The molecule has 1 unspecified atom stereocenters. The van der Waals surface area contributed by atoms with E-state index in [0.29, 0.717) is 16.8 Å². The van der Waals surface area contributed by atoms with Gasteiger partial charge in [-0.05, 0) is 30.7 Å². The van der Waals surface area contributed by atoms with Gasteiger partial charge < -0.3 is 5.73 Å². The van der Waals surface area contributed by atoms with Crippen molar-refractivity contribution in [3.63, 3.8) is 0 Å². The van der Waals surface area contributed by atoms with Crippen molar-refractivity contribution in [1.82, 2.24) is 14.8 Å². The topological polar surface area (TPSA) is 56.7 Å². The fourth-order valence-corrected chi connectivity index (χ4v) is 2.00. The zero-order valence-electron chi connectivity index (χ0n) is 9.27. The second kappa shape index (κ2) is 4.93. The summed E-state index contributed by atoms with van der Waals surface area (Å²) in [5.41, 5.74) is 6.48. The molecule has 0 saturated carbocycles. The van der Waals surface area contributed by atoms with E-state index in [9.17, 15) is 4.39 Å². The Morgan fingerprint density at radius 3 is 2.82 bits per heavy atom. The number of hydrogen-bond donors (Lipinski definition) is 1. The van der Waals surface area contributed by atoms with E-state index in [1.165, 1.54) is 12.1 Å². The lowest BCUT2D eigenvalue weighted by atomic mass is 10.2. The molecule has 1 heterocycles. The molecule has 0 spiro atoms. The zero-order valence-corrected chi connectivity index (χ0v) is 10.9. The molecule has 4 nitrogen and oxygen atoms in total. The minimum Gasteiger partial charge on any atom is -0.321 e. The van der Waals surface area contributed by atoms with E-state index in [-0.39, 0.29) is 11.9 Å². The fraction of sp³-hybridized carbons (Fsp3) is 0.273. The summed E-state index contributed by atoms with van der Waals surface area (Å²) in [5, 5.41) is 4.21. The lowest BCUT2D eigenvalue weighted by Crippen LogP contribution is -2.08. The number of rotatable bonds is 3. The first-order valence-electron chi connectivity index (χ1n) is 5.14. The van der Waals surface area contributed by atoms with Gasteiger partial charge in [0, 0.05) is 4.47 Å². The lowest BCUT2D eigenvalue weighted by Gasteiger charge is -2.03. The number of nitrogens with two attached hydrogens (primary N) is 1. The van der Waals surface area contributed by atoms with Crippen molar-refractivity contribution >= 4 is 15.9 Å². The van der Waals surface area contributed by atoms with E-state index in [1.54, 1.807) is 11.0 Å². The van der Waals surface area contributed by atoms with Crippen LogP contribution in [0.3, 0.4) is 0 Å². The quantitative estimate of drug-likeness (QED) is 0.945. The van der Waals surface area contributed by atoms with Crippen molar-refractivity contribution in [3.8, 4) is 0 Å². The fourth-order valence-electron chi connectivity index (χ4n) is 1.48. The standard InChI is InChI=1S/C11H12BrFN4/c1-7(14)11-15-6-17(16-11)5-8-2-9(12)4-10(13)3-8/h2-4,6-7H,5,14H2,1H3. The third-order valence-electron chi connectivity index (χ3n) is 2.23. The number of nitrogens with zero attached hydrogens (tertiary/aromatic N) is 3. The van der Waals surface area contributed by atoms with Gasteiger partial charge >= 0.3 is 0 Å². The Kier molecular flexibility index (Phi) is 3.54. The molecule has 6 heteroatoms. The summed E-state index contributed by atoms with van der Waals surface area (Å²) in [7, 11) is 0. The van der Waals surface area contributed by atoms with Crippen LogP contribution < -0.4 is 5.73 Å². The number of hydrogen-bond acceptors (Lipinski definition) is 3. The molecule has 2 N–H and O–H groups in total. The van der Waals surface area contributed by atoms with E-state index >= 15 is 0 Å². The average Bonchev–Trinajstić information content (AvgIpc) is 2.64. The molecule has 90 valence electrons. The summed E-state index contributed by atoms with van der Waals surface area (Å²) in [6.07, 6.45) is 1.59. The molecule has 0 aliphatic carbocycles. The molecule has 2 aromatic rings. The van der Waals surface area contributed by atoms with Gasteiger partial charge in [0.15, 0.2) is 5.82 Å². The summed E-state index contributed by atoms with van der Waals surface area (Å²) in [4.78, 5) is 4.08. The summed E-state index contributed by atoms with van der Waals surface area (Å²) in [6.45, 7) is 2.29. The van der Waals surface area contributed by atoms with Gasteiger partial charge in [0.1, 0.15) is 12.1 Å². The number of halogens is 2. The smallest absolute Gasteiger partial charge is 0.166 e. The highest BCUT2D eigenvalue weighted by Gasteiger charge is 2.06. The van der Waals surface area contributed by atoms with E-state index < -0.39 is 0 Å². The molecule has 0 aliphatic rings. The Labute approximate surface area is 107 Å². The molecule has 0 fully saturated rings. The Hall–Kier alpha value is -1.27. The van der Waals surface area contributed by atoms with Gasteiger partial charge in [-0.15, -0.1) is 0 Å². The summed E-state index contributed by atoms with van der Waals surface area (Å²) >= 11 is 3.25. The lowest BCUT2D eigenvalue weighted by molar-refractivity contribution is 0.614. The first-order valence-corrected chi connectivity index (χ1v) is 5.94. The van der Waals surface area contributed by atoms with Crippen molar-refractivity contribution in [2.24, 2.45) is 5.73 Å². The van der Waals surface area contributed by atoms with E-state index in [0.717, 1.165) is 5.56 Å². The molecule has 0 radical (unpaired) electrons. The summed E-state index contributed by atoms with van der Waals surface area (Å²) in [5.74, 6) is 0.308. The highest BCUT2D eigenvalue weighted by Crippen LogP contribution is 2.15. The first-order chi connectivity index (χ1) is 8.04. The largest absolute Gasteiger partial charge is 0.321 e. The maximum absolute atomic E-state index is 13.2. The van der Waals surface area contributed by atoms with Crippen LogP contribution in [0.2, 0.25) is 0 Å². The maximum Gasteiger partial charge on any atom is 0.166 e. The van der Waals surface area contributed by atoms with Gasteiger partial charge in [0.05, 0.1) is 12.6 Å². The maximum atomic E-state index is 13.2. The SMILES string of the molecule is CC(N)c1ncn(Cc2cc(F)cc(Br)c2)n1. The third-order valence-corrected chi connectivity index (χ3v) is 2.69.